The Balaban J connectivity index is 1.68. The van der Waals surface area contributed by atoms with Crippen LogP contribution < -0.4 is 20.3 Å². The van der Waals surface area contributed by atoms with Crippen LogP contribution >= 0.6 is 0 Å². The van der Waals surface area contributed by atoms with Crippen molar-refractivity contribution in [2.24, 2.45) is 0 Å². The van der Waals surface area contributed by atoms with Crippen molar-refractivity contribution in [3.8, 4) is 11.5 Å². The first-order valence-corrected chi connectivity index (χ1v) is 9.47. The molecule has 1 aromatic heterocycles. The first-order valence-electron chi connectivity index (χ1n) is 9.47. The summed E-state index contributed by atoms with van der Waals surface area (Å²) in [6.45, 7) is 0.649. The van der Waals surface area contributed by atoms with Crippen LogP contribution in [0, 0.1) is 0 Å². The van der Waals surface area contributed by atoms with Gasteiger partial charge in [-0.1, -0.05) is 30.3 Å². The number of benzene rings is 2. The smallest absolute Gasteiger partial charge is 0.269 e. The number of amides is 2. The van der Waals surface area contributed by atoms with Crippen LogP contribution in [0.25, 0.3) is 10.9 Å². The van der Waals surface area contributed by atoms with E-state index in [9.17, 15) is 9.59 Å². The summed E-state index contributed by atoms with van der Waals surface area (Å²) in [5.41, 5.74) is 3.39. The number of rotatable bonds is 9. The maximum absolute atomic E-state index is 12.4. The summed E-state index contributed by atoms with van der Waals surface area (Å²) in [5, 5.41) is 12.0. The number of fused-ring (bicyclic) bond motifs is 1. The number of carbonyl (C=O) groups excluding carboxylic acids is 2. The van der Waals surface area contributed by atoms with Crippen molar-refractivity contribution in [2.75, 3.05) is 13.7 Å². The molecule has 0 aliphatic heterocycles. The molecule has 0 fully saturated rings. The third-order valence-corrected chi connectivity index (χ3v) is 4.46. The fourth-order valence-corrected chi connectivity index (χ4v) is 2.84. The van der Waals surface area contributed by atoms with Crippen LogP contribution in [-0.2, 0) is 11.4 Å². The van der Waals surface area contributed by atoms with Crippen molar-refractivity contribution in [3.63, 3.8) is 0 Å². The lowest BCUT2D eigenvalue weighted by Crippen LogP contribution is -2.27. The zero-order chi connectivity index (χ0) is 21.3. The highest BCUT2D eigenvalue weighted by Crippen LogP contribution is 2.25. The van der Waals surface area contributed by atoms with Crippen molar-refractivity contribution in [1.29, 1.82) is 0 Å². The summed E-state index contributed by atoms with van der Waals surface area (Å²) < 4.78 is 11.1. The Hall–Kier alpha value is -3.65. The van der Waals surface area contributed by atoms with Gasteiger partial charge in [-0.3, -0.25) is 14.8 Å². The number of para-hydroxylation sites is 1. The van der Waals surface area contributed by atoms with Crippen LogP contribution in [0.5, 0.6) is 11.5 Å². The van der Waals surface area contributed by atoms with E-state index in [2.05, 4.69) is 10.3 Å². The topological polar surface area (TPSA) is 110 Å². The molecule has 0 saturated carbocycles. The molecule has 0 atom stereocenters. The molecular formula is C22H23N3O5. The summed E-state index contributed by atoms with van der Waals surface area (Å²) in [6, 6.07) is 16.6. The minimum atomic E-state index is -0.494. The van der Waals surface area contributed by atoms with E-state index in [1.807, 2.05) is 48.5 Å². The summed E-state index contributed by atoms with van der Waals surface area (Å²) in [5.74, 6) is 0.522. The molecule has 0 radical (unpaired) electrons. The summed E-state index contributed by atoms with van der Waals surface area (Å²) in [6.07, 6.45) is 0.521. The molecule has 1 heterocycles. The van der Waals surface area contributed by atoms with E-state index in [-0.39, 0.29) is 18.0 Å². The van der Waals surface area contributed by atoms with E-state index >= 15 is 0 Å². The monoisotopic (exact) mass is 409 g/mol. The summed E-state index contributed by atoms with van der Waals surface area (Å²) in [4.78, 5) is 27.8. The van der Waals surface area contributed by atoms with E-state index in [0.29, 0.717) is 30.8 Å². The van der Waals surface area contributed by atoms with E-state index < -0.39 is 5.91 Å². The van der Waals surface area contributed by atoms with Gasteiger partial charge >= 0.3 is 0 Å². The Morgan fingerprint density at radius 3 is 2.60 bits per heavy atom. The highest BCUT2D eigenvalue weighted by Gasteiger charge is 2.11. The molecule has 3 rings (SSSR count). The molecule has 2 aromatic carbocycles. The Bertz CT molecular complexity index is 1020. The van der Waals surface area contributed by atoms with E-state index in [0.717, 1.165) is 16.7 Å². The summed E-state index contributed by atoms with van der Waals surface area (Å²) in [7, 11) is 1.62. The molecule has 8 nitrogen and oxygen atoms in total. The fourth-order valence-electron chi connectivity index (χ4n) is 2.84. The number of hydrogen-bond acceptors (Lipinski definition) is 6. The quantitative estimate of drug-likeness (QED) is 0.285. The first-order chi connectivity index (χ1) is 14.6. The minimum absolute atomic E-state index is 0.116. The number of hydrogen-bond donors (Lipinski definition) is 3. The largest absolute Gasteiger partial charge is 0.497 e. The average Bonchev–Trinajstić information content (AvgIpc) is 2.80. The van der Waals surface area contributed by atoms with Crippen LogP contribution in [0.2, 0.25) is 0 Å². The highest BCUT2D eigenvalue weighted by atomic mass is 16.5. The molecule has 0 unspecified atom stereocenters. The van der Waals surface area contributed by atoms with Crippen molar-refractivity contribution in [3.05, 3.63) is 65.9 Å². The van der Waals surface area contributed by atoms with Gasteiger partial charge in [-0.25, -0.2) is 10.5 Å². The van der Waals surface area contributed by atoms with Gasteiger partial charge in [-0.15, -0.1) is 0 Å². The van der Waals surface area contributed by atoms with E-state index in [1.165, 1.54) is 0 Å². The Morgan fingerprint density at radius 1 is 1.07 bits per heavy atom. The Labute approximate surface area is 173 Å². The third kappa shape index (κ3) is 5.45. The standard InChI is InChI=1S/C22H23N3O5/c1-29-17-10-7-15(8-11-17)14-30-19-5-2-4-16-9-12-18(24-21(16)19)22(27)23-13-3-6-20(26)25-28/h2,4-5,7-12,28H,3,6,13-14H2,1H3,(H,23,27)(H,25,26). The Morgan fingerprint density at radius 2 is 1.87 bits per heavy atom. The predicted molar refractivity (Wildman–Crippen MR) is 111 cm³/mol. The number of methoxy groups -OCH3 is 1. The van der Waals surface area contributed by atoms with E-state index in [4.69, 9.17) is 14.7 Å². The van der Waals surface area contributed by atoms with Crippen LogP contribution in [0.1, 0.15) is 28.9 Å². The molecule has 156 valence electrons. The molecule has 3 aromatic rings. The zero-order valence-corrected chi connectivity index (χ0v) is 16.6. The SMILES string of the molecule is COc1ccc(COc2cccc3ccc(C(=O)NCCCC(=O)NO)nc23)cc1. The van der Waals surface area contributed by atoms with Gasteiger partial charge in [0.15, 0.2) is 0 Å². The van der Waals surface area contributed by atoms with Crippen LogP contribution in [0.3, 0.4) is 0 Å². The number of nitrogens with zero attached hydrogens (tertiary/aromatic N) is 1. The molecule has 8 heteroatoms. The normalized spacial score (nSPS) is 10.5. The van der Waals surface area contributed by atoms with Gasteiger partial charge in [0.25, 0.3) is 5.91 Å². The molecule has 3 N–H and O–H groups in total. The van der Waals surface area contributed by atoms with Gasteiger partial charge in [0.2, 0.25) is 5.91 Å². The maximum Gasteiger partial charge on any atom is 0.269 e. The fraction of sp³-hybridized carbons (Fsp3) is 0.227. The number of ether oxygens (including phenoxy) is 2. The number of hydroxylamine groups is 1. The van der Waals surface area contributed by atoms with Crippen molar-refractivity contribution in [2.45, 2.75) is 19.4 Å². The molecule has 0 bridgehead atoms. The lowest BCUT2D eigenvalue weighted by atomic mass is 10.1. The van der Waals surface area contributed by atoms with Gasteiger partial charge in [-0.2, -0.15) is 0 Å². The molecule has 2 amide bonds. The van der Waals surface area contributed by atoms with Crippen molar-refractivity contribution in [1.82, 2.24) is 15.8 Å². The van der Waals surface area contributed by atoms with Crippen molar-refractivity contribution < 1.29 is 24.3 Å². The van der Waals surface area contributed by atoms with Gasteiger partial charge in [0.05, 0.1) is 7.11 Å². The number of nitrogens with one attached hydrogen (secondary N) is 2. The lowest BCUT2D eigenvalue weighted by Gasteiger charge is -2.11. The molecule has 0 saturated heterocycles. The second-order valence-electron chi connectivity index (χ2n) is 6.56. The first kappa shape index (κ1) is 21.1. The van der Waals surface area contributed by atoms with Crippen molar-refractivity contribution >= 4 is 22.7 Å². The van der Waals surface area contributed by atoms with Crippen LogP contribution in [-0.4, -0.2) is 35.7 Å². The van der Waals surface area contributed by atoms with Crippen LogP contribution in [0.15, 0.2) is 54.6 Å². The van der Waals surface area contributed by atoms with E-state index in [1.54, 1.807) is 18.7 Å². The number of aromatic nitrogens is 1. The maximum atomic E-state index is 12.4. The lowest BCUT2D eigenvalue weighted by molar-refractivity contribution is -0.129. The molecule has 0 aliphatic carbocycles. The van der Waals surface area contributed by atoms with Gasteiger partial charge in [0, 0.05) is 18.4 Å². The molecule has 30 heavy (non-hydrogen) atoms. The van der Waals surface area contributed by atoms with Crippen LogP contribution in [0.4, 0.5) is 0 Å². The predicted octanol–water partition coefficient (Wildman–Crippen LogP) is 2.84. The summed E-state index contributed by atoms with van der Waals surface area (Å²) >= 11 is 0. The van der Waals surface area contributed by atoms with Gasteiger partial charge in [0.1, 0.15) is 29.3 Å². The number of pyridine rings is 1. The average molecular weight is 409 g/mol. The third-order valence-electron chi connectivity index (χ3n) is 4.46. The van der Waals surface area contributed by atoms with Gasteiger partial charge in [-0.05, 0) is 36.2 Å². The van der Waals surface area contributed by atoms with Gasteiger partial charge < -0.3 is 14.8 Å². The Kier molecular flexibility index (Phi) is 7.18. The molecular weight excluding hydrogens is 386 g/mol. The number of carbonyl (C=O) groups is 2. The highest BCUT2D eigenvalue weighted by molar-refractivity contribution is 5.96. The molecule has 0 aliphatic rings. The second-order valence-corrected chi connectivity index (χ2v) is 6.56. The molecule has 0 spiro atoms. The minimum Gasteiger partial charge on any atom is -0.497 e. The second kappa shape index (κ2) is 10.2. The zero-order valence-electron chi connectivity index (χ0n) is 16.6.